The number of rotatable bonds is 2. The van der Waals surface area contributed by atoms with Crippen molar-refractivity contribution in [3.8, 4) is 0 Å². The van der Waals surface area contributed by atoms with Crippen molar-refractivity contribution in [2.24, 2.45) is 7.05 Å². The number of aromatic nitrogens is 1. The van der Waals surface area contributed by atoms with Gasteiger partial charge in [-0.3, -0.25) is 0 Å². The molecular weight excluding hydrogens is 192 g/mol. The predicted molar refractivity (Wildman–Crippen MR) is 56.9 cm³/mol. The summed E-state index contributed by atoms with van der Waals surface area (Å²) in [6.45, 7) is 0. The third kappa shape index (κ3) is 1.75. The van der Waals surface area contributed by atoms with Gasteiger partial charge >= 0.3 is 5.97 Å². The second kappa shape index (κ2) is 3.81. The number of hydrogen-bond acceptors (Lipinski definition) is 3. The first-order valence-electron chi connectivity index (χ1n) is 4.88. The van der Waals surface area contributed by atoms with Crippen molar-refractivity contribution in [1.82, 2.24) is 9.88 Å². The fourth-order valence-corrected chi connectivity index (χ4v) is 1.76. The first-order valence-corrected chi connectivity index (χ1v) is 4.88. The summed E-state index contributed by atoms with van der Waals surface area (Å²) in [5, 5.41) is 3.15. The molecule has 1 aromatic rings. The van der Waals surface area contributed by atoms with Gasteiger partial charge in [-0.25, -0.2) is 4.79 Å². The van der Waals surface area contributed by atoms with Gasteiger partial charge in [0, 0.05) is 13.2 Å². The Balaban J connectivity index is 2.10. The fourth-order valence-electron chi connectivity index (χ4n) is 1.76. The van der Waals surface area contributed by atoms with Crippen LogP contribution in [-0.4, -0.2) is 23.7 Å². The highest BCUT2D eigenvalue weighted by Gasteiger charge is 2.24. The third-order valence-electron chi connectivity index (χ3n) is 2.59. The Bertz CT molecular complexity index is 406. The summed E-state index contributed by atoms with van der Waals surface area (Å²) in [6, 6.07) is 3.75. The maximum Gasteiger partial charge on any atom is 0.328 e. The Kier molecular flexibility index (Phi) is 2.49. The van der Waals surface area contributed by atoms with Crippen molar-refractivity contribution in [1.29, 1.82) is 0 Å². The topological polar surface area (TPSA) is 43.3 Å². The van der Waals surface area contributed by atoms with Crippen LogP contribution in [0, 0.1) is 0 Å². The average Bonchev–Trinajstić information content (AvgIpc) is 2.84. The zero-order valence-corrected chi connectivity index (χ0v) is 8.86. The summed E-state index contributed by atoms with van der Waals surface area (Å²) in [7, 11) is 3.38. The second-order valence-corrected chi connectivity index (χ2v) is 3.58. The van der Waals surface area contributed by atoms with E-state index in [2.05, 4.69) is 10.1 Å². The van der Waals surface area contributed by atoms with E-state index >= 15 is 0 Å². The number of methoxy groups -OCH3 is 1. The van der Waals surface area contributed by atoms with Crippen molar-refractivity contribution < 1.29 is 9.53 Å². The normalized spacial score (nSPS) is 19.6. The quantitative estimate of drug-likeness (QED) is 0.731. The predicted octanol–water partition coefficient (Wildman–Crippen LogP) is 0.901. The summed E-state index contributed by atoms with van der Waals surface area (Å²) < 4.78 is 6.70. The molecule has 0 aliphatic carbocycles. The number of nitrogens with zero attached hydrogens (tertiary/aromatic N) is 1. The minimum atomic E-state index is -0.236. The maximum atomic E-state index is 11.3. The van der Waals surface area contributed by atoms with E-state index in [9.17, 15) is 4.79 Å². The average molecular weight is 206 g/mol. The third-order valence-corrected chi connectivity index (χ3v) is 2.59. The molecule has 1 atom stereocenters. The lowest BCUT2D eigenvalue weighted by Crippen LogP contribution is -2.32. The second-order valence-electron chi connectivity index (χ2n) is 3.58. The molecule has 1 aromatic heterocycles. The molecule has 1 aliphatic heterocycles. The standard InChI is InChI=1S/C11H14N2O2/c1-13-7-3-4-10(13)8-5-6-9(12-8)11(14)15-2/h3-5,7,9,12H,6H2,1-2H3. The summed E-state index contributed by atoms with van der Waals surface area (Å²) >= 11 is 0. The van der Waals surface area contributed by atoms with Gasteiger partial charge < -0.3 is 14.6 Å². The monoisotopic (exact) mass is 206 g/mol. The van der Waals surface area contributed by atoms with Gasteiger partial charge in [-0.05, 0) is 18.6 Å². The molecule has 1 unspecified atom stereocenters. The molecule has 0 amide bonds. The first kappa shape index (κ1) is 9.83. The Morgan fingerprint density at radius 1 is 1.67 bits per heavy atom. The van der Waals surface area contributed by atoms with E-state index in [1.807, 2.05) is 36.0 Å². The molecule has 15 heavy (non-hydrogen) atoms. The molecule has 2 heterocycles. The lowest BCUT2D eigenvalue weighted by atomic mass is 10.2. The Hall–Kier alpha value is -1.71. The lowest BCUT2D eigenvalue weighted by Gasteiger charge is -2.11. The molecule has 1 aliphatic rings. The van der Waals surface area contributed by atoms with Gasteiger partial charge in [-0.15, -0.1) is 0 Å². The minimum absolute atomic E-state index is 0.213. The van der Waals surface area contributed by atoms with Crippen LogP contribution in [0.4, 0.5) is 0 Å². The van der Waals surface area contributed by atoms with Crippen LogP contribution >= 0.6 is 0 Å². The van der Waals surface area contributed by atoms with Crippen LogP contribution in [0.15, 0.2) is 24.4 Å². The zero-order chi connectivity index (χ0) is 10.8. The van der Waals surface area contributed by atoms with Crippen molar-refractivity contribution in [2.45, 2.75) is 12.5 Å². The molecule has 4 heteroatoms. The van der Waals surface area contributed by atoms with Gasteiger partial charge in [0.15, 0.2) is 0 Å². The Morgan fingerprint density at radius 2 is 2.47 bits per heavy atom. The van der Waals surface area contributed by atoms with Crippen LogP contribution in [0.2, 0.25) is 0 Å². The molecule has 0 saturated heterocycles. The van der Waals surface area contributed by atoms with Gasteiger partial charge in [0.2, 0.25) is 0 Å². The van der Waals surface area contributed by atoms with E-state index in [-0.39, 0.29) is 12.0 Å². The summed E-state index contributed by atoms with van der Waals surface area (Å²) in [4.78, 5) is 11.3. The summed E-state index contributed by atoms with van der Waals surface area (Å²) in [6.07, 6.45) is 4.69. The number of ether oxygens (including phenoxy) is 1. The maximum absolute atomic E-state index is 11.3. The lowest BCUT2D eigenvalue weighted by molar-refractivity contribution is -0.142. The molecule has 0 saturated carbocycles. The van der Waals surface area contributed by atoms with Crippen molar-refractivity contribution in [3.63, 3.8) is 0 Å². The molecule has 2 rings (SSSR count). The van der Waals surface area contributed by atoms with Crippen LogP contribution < -0.4 is 5.32 Å². The van der Waals surface area contributed by atoms with Crippen molar-refractivity contribution in [2.75, 3.05) is 7.11 Å². The van der Waals surface area contributed by atoms with E-state index in [0.29, 0.717) is 6.42 Å². The first-order chi connectivity index (χ1) is 7.22. The van der Waals surface area contributed by atoms with Crippen LogP contribution in [-0.2, 0) is 16.6 Å². The SMILES string of the molecule is COC(=O)C1CC=C(c2cccn2C)N1. The number of aryl methyl sites for hydroxylation is 1. The molecule has 80 valence electrons. The smallest absolute Gasteiger partial charge is 0.328 e. The van der Waals surface area contributed by atoms with Crippen LogP contribution in [0.1, 0.15) is 12.1 Å². The highest BCUT2D eigenvalue weighted by Crippen LogP contribution is 2.20. The minimum Gasteiger partial charge on any atom is -0.467 e. The molecule has 1 N–H and O–H groups in total. The molecule has 0 radical (unpaired) electrons. The van der Waals surface area contributed by atoms with Crippen LogP contribution in [0.3, 0.4) is 0 Å². The van der Waals surface area contributed by atoms with E-state index in [1.165, 1.54) is 7.11 Å². The number of carbonyl (C=O) groups excluding carboxylic acids is 1. The van der Waals surface area contributed by atoms with Crippen LogP contribution in [0.25, 0.3) is 5.70 Å². The molecule has 0 spiro atoms. The number of esters is 1. The highest BCUT2D eigenvalue weighted by molar-refractivity contribution is 5.81. The van der Waals surface area contributed by atoms with Crippen LogP contribution in [0.5, 0.6) is 0 Å². The number of carbonyl (C=O) groups is 1. The van der Waals surface area contributed by atoms with E-state index in [1.54, 1.807) is 0 Å². The molecule has 0 fully saturated rings. The van der Waals surface area contributed by atoms with Gasteiger partial charge in [0.05, 0.1) is 18.5 Å². The van der Waals surface area contributed by atoms with Gasteiger partial charge in [-0.1, -0.05) is 6.08 Å². The van der Waals surface area contributed by atoms with Crippen molar-refractivity contribution in [3.05, 3.63) is 30.1 Å². The zero-order valence-electron chi connectivity index (χ0n) is 8.86. The Morgan fingerprint density at radius 3 is 3.07 bits per heavy atom. The van der Waals surface area contributed by atoms with Gasteiger partial charge in [0.1, 0.15) is 6.04 Å². The van der Waals surface area contributed by atoms with Crippen molar-refractivity contribution >= 4 is 11.7 Å². The largest absolute Gasteiger partial charge is 0.467 e. The van der Waals surface area contributed by atoms with Gasteiger partial charge in [0.25, 0.3) is 0 Å². The van der Waals surface area contributed by atoms with Gasteiger partial charge in [-0.2, -0.15) is 0 Å². The molecule has 0 bridgehead atoms. The molecule has 4 nitrogen and oxygen atoms in total. The highest BCUT2D eigenvalue weighted by atomic mass is 16.5. The van der Waals surface area contributed by atoms with E-state index in [0.717, 1.165) is 11.4 Å². The summed E-state index contributed by atoms with van der Waals surface area (Å²) in [5.74, 6) is -0.213. The van der Waals surface area contributed by atoms with E-state index in [4.69, 9.17) is 0 Å². The molecular formula is C11H14N2O2. The fraction of sp³-hybridized carbons (Fsp3) is 0.364. The molecule has 0 aromatic carbocycles. The van der Waals surface area contributed by atoms with E-state index < -0.39 is 0 Å². The number of nitrogens with one attached hydrogen (secondary N) is 1. The number of hydrogen-bond donors (Lipinski definition) is 1. The summed E-state index contributed by atoms with van der Waals surface area (Å²) in [5.41, 5.74) is 2.08. The Labute approximate surface area is 88.5 Å².